The number of anilines is 1. The number of esters is 1. The molecule has 3 rings (SSSR count). The number of carbonyl (C=O) groups excluding carboxylic acids is 2. The molecule has 0 unspecified atom stereocenters. The summed E-state index contributed by atoms with van der Waals surface area (Å²) in [6.07, 6.45) is 0. The second kappa shape index (κ2) is 8.17. The van der Waals surface area contributed by atoms with Crippen molar-refractivity contribution in [1.82, 2.24) is 0 Å². The van der Waals surface area contributed by atoms with Gasteiger partial charge in [-0.2, -0.15) is 0 Å². The second-order valence-corrected chi connectivity index (χ2v) is 6.66. The number of carbonyl (C=O) groups is 2. The largest absolute Gasteiger partial charge is 0.462 e. The van der Waals surface area contributed by atoms with Crippen molar-refractivity contribution in [2.45, 2.75) is 6.92 Å². The lowest BCUT2D eigenvalue weighted by Crippen LogP contribution is -2.15. The van der Waals surface area contributed by atoms with Crippen LogP contribution in [0.5, 0.6) is 0 Å². The van der Waals surface area contributed by atoms with Crippen LogP contribution in [-0.2, 0) is 4.74 Å². The van der Waals surface area contributed by atoms with E-state index < -0.39 is 5.97 Å². The fraction of sp³-hybridized carbons (Fsp3) is 0.100. The Morgan fingerprint density at radius 3 is 2.46 bits per heavy atom. The first kappa shape index (κ1) is 18.2. The van der Waals surface area contributed by atoms with Gasteiger partial charge in [-0.1, -0.05) is 54.1 Å². The molecule has 26 heavy (non-hydrogen) atoms. The van der Waals surface area contributed by atoms with Crippen molar-refractivity contribution in [1.29, 1.82) is 0 Å². The minimum atomic E-state index is -0.470. The summed E-state index contributed by atoms with van der Waals surface area (Å²) in [6.45, 7) is 2.00. The maximum absolute atomic E-state index is 12.6. The number of halogens is 1. The van der Waals surface area contributed by atoms with E-state index in [4.69, 9.17) is 16.3 Å². The SMILES string of the molecule is CCOC(=O)c1c(-c2ccccc2)csc1NC(=O)c1ccccc1Cl. The van der Waals surface area contributed by atoms with Crippen molar-refractivity contribution in [3.8, 4) is 11.1 Å². The Morgan fingerprint density at radius 2 is 1.77 bits per heavy atom. The van der Waals surface area contributed by atoms with Gasteiger partial charge in [0.25, 0.3) is 5.91 Å². The van der Waals surface area contributed by atoms with Crippen LogP contribution in [0.2, 0.25) is 5.02 Å². The van der Waals surface area contributed by atoms with E-state index in [-0.39, 0.29) is 12.5 Å². The number of amides is 1. The van der Waals surface area contributed by atoms with Crippen molar-refractivity contribution in [3.63, 3.8) is 0 Å². The monoisotopic (exact) mass is 385 g/mol. The van der Waals surface area contributed by atoms with Crippen molar-refractivity contribution in [2.75, 3.05) is 11.9 Å². The molecule has 0 aliphatic carbocycles. The van der Waals surface area contributed by atoms with Gasteiger partial charge >= 0.3 is 5.97 Å². The van der Waals surface area contributed by atoms with Gasteiger partial charge in [-0.25, -0.2) is 4.79 Å². The summed E-state index contributed by atoms with van der Waals surface area (Å²) in [5.74, 6) is -0.843. The van der Waals surface area contributed by atoms with Crippen LogP contribution in [0, 0.1) is 0 Å². The molecule has 0 aliphatic rings. The maximum atomic E-state index is 12.6. The molecule has 1 amide bonds. The van der Waals surface area contributed by atoms with Gasteiger partial charge in [-0.3, -0.25) is 4.79 Å². The Balaban J connectivity index is 1.99. The zero-order valence-electron chi connectivity index (χ0n) is 14.0. The summed E-state index contributed by atoms with van der Waals surface area (Å²) in [5, 5.41) is 5.42. The Bertz CT molecular complexity index is 937. The summed E-state index contributed by atoms with van der Waals surface area (Å²) in [5.41, 5.74) is 2.30. The van der Waals surface area contributed by atoms with E-state index in [9.17, 15) is 9.59 Å². The first-order valence-electron chi connectivity index (χ1n) is 8.01. The summed E-state index contributed by atoms with van der Waals surface area (Å²) < 4.78 is 5.19. The molecular formula is C20H16ClNO3S. The fourth-order valence-electron chi connectivity index (χ4n) is 2.50. The van der Waals surface area contributed by atoms with Crippen LogP contribution < -0.4 is 5.32 Å². The van der Waals surface area contributed by atoms with Crippen LogP contribution in [0.15, 0.2) is 60.0 Å². The van der Waals surface area contributed by atoms with Gasteiger partial charge in [0.1, 0.15) is 10.6 Å². The lowest BCUT2D eigenvalue weighted by atomic mass is 10.0. The van der Waals surface area contributed by atoms with E-state index >= 15 is 0 Å². The minimum absolute atomic E-state index is 0.251. The molecule has 0 bridgehead atoms. The average molecular weight is 386 g/mol. The molecule has 132 valence electrons. The van der Waals surface area contributed by atoms with Crippen LogP contribution in [0.4, 0.5) is 5.00 Å². The molecule has 0 spiro atoms. The third-order valence-corrected chi connectivity index (χ3v) is 4.93. The van der Waals surface area contributed by atoms with Crippen LogP contribution in [-0.4, -0.2) is 18.5 Å². The number of hydrogen-bond acceptors (Lipinski definition) is 4. The zero-order chi connectivity index (χ0) is 18.5. The number of nitrogens with one attached hydrogen (secondary N) is 1. The Hall–Kier alpha value is -2.63. The number of thiophene rings is 1. The molecule has 0 radical (unpaired) electrons. The quantitative estimate of drug-likeness (QED) is 0.590. The molecule has 1 heterocycles. The van der Waals surface area contributed by atoms with E-state index in [0.29, 0.717) is 21.2 Å². The third-order valence-electron chi connectivity index (χ3n) is 3.70. The molecule has 1 aromatic heterocycles. The number of rotatable bonds is 5. The average Bonchev–Trinajstić information content (AvgIpc) is 3.06. The fourth-order valence-corrected chi connectivity index (χ4v) is 3.68. The predicted molar refractivity (Wildman–Crippen MR) is 105 cm³/mol. The van der Waals surface area contributed by atoms with E-state index in [2.05, 4.69) is 5.32 Å². The van der Waals surface area contributed by atoms with Crippen LogP contribution in [0.1, 0.15) is 27.6 Å². The van der Waals surface area contributed by atoms with Crippen LogP contribution in [0.3, 0.4) is 0 Å². The van der Waals surface area contributed by atoms with Gasteiger partial charge in [-0.05, 0) is 24.6 Å². The first-order valence-corrected chi connectivity index (χ1v) is 9.27. The molecule has 0 atom stereocenters. The molecule has 2 aromatic carbocycles. The molecular weight excluding hydrogens is 370 g/mol. The Labute approximate surface area is 160 Å². The molecule has 3 aromatic rings. The van der Waals surface area contributed by atoms with Crippen LogP contribution in [0.25, 0.3) is 11.1 Å². The summed E-state index contributed by atoms with van der Waals surface area (Å²) in [7, 11) is 0. The van der Waals surface area contributed by atoms with Crippen molar-refractivity contribution >= 4 is 39.8 Å². The van der Waals surface area contributed by atoms with Crippen molar-refractivity contribution in [3.05, 3.63) is 76.1 Å². The first-order chi connectivity index (χ1) is 12.6. The van der Waals surface area contributed by atoms with Gasteiger partial charge in [-0.15, -0.1) is 11.3 Å². The third kappa shape index (κ3) is 3.79. The minimum Gasteiger partial charge on any atom is -0.462 e. The summed E-state index contributed by atoms with van der Waals surface area (Å²) >= 11 is 7.37. The zero-order valence-corrected chi connectivity index (χ0v) is 15.6. The predicted octanol–water partition coefficient (Wildman–Crippen LogP) is 5.50. The normalized spacial score (nSPS) is 10.4. The Morgan fingerprint density at radius 1 is 1.08 bits per heavy atom. The highest BCUT2D eigenvalue weighted by atomic mass is 35.5. The summed E-state index contributed by atoms with van der Waals surface area (Å²) in [6, 6.07) is 16.3. The molecule has 1 N–H and O–H groups in total. The van der Waals surface area contributed by atoms with Gasteiger partial charge < -0.3 is 10.1 Å². The molecule has 0 saturated carbocycles. The number of hydrogen-bond donors (Lipinski definition) is 1. The van der Waals surface area contributed by atoms with Gasteiger partial charge in [0.2, 0.25) is 0 Å². The van der Waals surface area contributed by atoms with Crippen molar-refractivity contribution in [2.24, 2.45) is 0 Å². The highest BCUT2D eigenvalue weighted by molar-refractivity contribution is 7.15. The molecule has 4 nitrogen and oxygen atoms in total. The van der Waals surface area contributed by atoms with E-state index in [1.54, 1.807) is 31.2 Å². The molecule has 0 aliphatic heterocycles. The smallest absolute Gasteiger partial charge is 0.341 e. The highest BCUT2D eigenvalue weighted by Gasteiger charge is 2.23. The number of benzene rings is 2. The van der Waals surface area contributed by atoms with E-state index in [1.165, 1.54) is 11.3 Å². The highest BCUT2D eigenvalue weighted by Crippen LogP contribution is 2.36. The molecule has 0 saturated heterocycles. The molecule has 0 fully saturated rings. The van der Waals surface area contributed by atoms with E-state index in [0.717, 1.165) is 11.1 Å². The number of ether oxygens (including phenoxy) is 1. The standard InChI is InChI=1S/C20H16ClNO3S/c1-2-25-20(24)17-15(13-8-4-3-5-9-13)12-26-19(17)22-18(23)14-10-6-7-11-16(14)21/h3-12H,2H2,1H3,(H,22,23). The van der Waals surface area contributed by atoms with E-state index in [1.807, 2.05) is 35.7 Å². The topological polar surface area (TPSA) is 55.4 Å². The summed E-state index contributed by atoms with van der Waals surface area (Å²) in [4.78, 5) is 25.1. The lowest BCUT2D eigenvalue weighted by molar-refractivity contribution is 0.0529. The van der Waals surface area contributed by atoms with Gasteiger partial charge in [0.15, 0.2) is 0 Å². The maximum Gasteiger partial charge on any atom is 0.341 e. The second-order valence-electron chi connectivity index (χ2n) is 5.37. The van der Waals surface area contributed by atoms with Crippen molar-refractivity contribution < 1.29 is 14.3 Å². The van der Waals surface area contributed by atoms with Crippen LogP contribution >= 0.6 is 22.9 Å². The molecule has 6 heteroatoms. The van der Waals surface area contributed by atoms with Gasteiger partial charge in [0.05, 0.1) is 17.2 Å². The van der Waals surface area contributed by atoms with Gasteiger partial charge in [0, 0.05) is 10.9 Å². The Kier molecular flexibility index (Phi) is 5.71. The lowest BCUT2D eigenvalue weighted by Gasteiger charge is -2.09.